The zero-order valence-electron chi connectivity index (χ0n) is 11.4. The molecule has 0 saturated carbocycles. The lowest BCUT2D eigenvalue weighted by molar-refractivity contribution is -0.137. The summed E-state index contributed by atoms with van der Waals surface area (Å²) in [6.45, 7) is 3.70. The number of amides is 1. The van der Waals surface area contributed by atoms with Crippen molar-refractivity contribution in [1.82, 2.24) is 5.32 Å². The smallest absolute Gasteiger partial charge is 0.394 e. The lowest BCUT2D eigenvalue weighted by Crippen LogP contribution is -2.38. The number of carbonyl (C=O) groups excluding carboxylic acids is 1. The molecule has 1 atom stereocenters. The van der Waals surface area contributed by atoms with E-state index in [0.29, 0.717) is 12.3 Å². The summed E-state index contributed by atoms with van der Waals surface area (Å²) in [5, 5.41) is 11.8. The number of benzene rings is 1. The minimum Gasteiger partial charge on any atom is -0.394 e. The molecule has 0 aliphatic heterocycles. The van der Waals surface area contributed by atoms with Crippen LogP contribution in [0.25, 0.3) is 0 Å². The minimum absolute atomic E-state index is 0.139. The minimum atomic E-state index is -4.42. The molecule has 1 aromatic carbocycles. The molecule has 3 nitrogen and oxygen atoms in total. The van der Waals surface area contributed by atoms with Crippen molar-refractivity contribution in [3.63, 3.8) is 0 Å². The van der Waals surface area contributed by atoms with Gasteiger partial charge < -0.3 is 10.4 Å². The van der Waals surface area contributed by atoms with Gasteiger partial charge in [0, 0.05) is 5.56 Å². The van der Waals surface area contributed by atoms with Crippen LogP contribution >= 0.6 is 0 Å². The Kier molecular flexibility index (Phi) is 5.56. The molecule has 1 unspecified atom stereocenters. The molecule has 0 bridgehead atoms. The number of halogens is 3. The SMILES string of the molecule is CC(C)CC(CO)NC(=O)c1ccc(C(F)(F)F)cc1. The van der Waals surface area contributed by atoms with Crippen molar-refractivity contribution in [3.05, 3.63) is 35.4 Å². The molecule has 0 radical (unpaired) electrons. The number of carbonyl (C=O) groups is 1. The second-order valence-corrected chi connectivity index (χ2v) is 5.06. The van der Waals surface area contributed by atoms with Gasteiger partial charge >= 0.3 is 6.18 Å². The monoisotopic (exact) mass is 289 g/mol. The highest BCUT2D eigenvalue weighted by atomic mass is 19.4. The average molecular weight is 289 g/mol. The summed E-state index contributed by atoms with van der Waals surface area (Å²) in [6, 6.07) is 3.59. The second-order valence-electron chi connectivity index (χ2n) is 5.06. The highest BCUT2D eigenvalue weighted by Crippen LogP contribution is 2.29. The molecule has 0 aromatic heterocycles. The standard InChI is InChI=1S/C14H18F3NO2/c1-9(2)7-12(8-19)18-13(20)10-3-5-11(6-4-10)14(15,16)17/h3-6,9,12,19H,7-8H2,1-2H3,(H,18,20). The zero-order chi connectivity index (χ0) is 15.3. The molecule has 1 amide bonds. The molecule has 0 heterocycles. The molecular formula is C14H18F3NO2. The van der Waals surface area contributed by atoms with E-state index in [-0.39, 0.29) is 12.2 Å². The average Bonchev–Trinajstić information content (AvgIpc) is 2.36. The van der Waals surface area contributed by atoms with Crippen molar-refractivity contribution >= 4 is 5.91 Å². The van der Waals surface area contributed by atoms with E-state index in [1.165, 1.54) is 0 Å². The maximum absolute atomic E-state index is 12.4. The van der Waals surface area contributed by atoms with Crippen molar-refractivity contribution in [1.29, 1.82) is 0 Å². The molecule has 0 aliphatic rings. The summed E-state index contributed by atoms with van der Waals surface area (Å²) in [6.07, 6.45) is -3.82. The third-order valence-electron chi connectivity index (χ3n) is 2.79. The number of aliphatic hydroxyl groups is 1. The van der Waals surface area contributed by atoms with Crippen LogP contribution in [0.4, 0.5) is 13.2 Å². The number of nitrogens with one attached hydrogen (secondary N) is 1. The van der Waals surface area contributed by atoms with E-state index in [4.69, 9.17) is 5.11 Å². The number of aliphatic hydroxyl groups excluding tert-OH is 1. The van der Waals surface area contributed by atoms with Crippen LogP contribution in [0.2, 0.25) is 0 Å². The van der Waals surface area contributed by atoms with E-state index in [9.17, 15) is 18.0 Å². The Bertz CT molecular complexity index is 441. The van der Waals surface area contributed by atoms with Crippen LogP contribution in [0.5, 0.6) is 0 Å². The molecule has 6 heteroatoms. The Morgan fingerprint density at radius 3 is 2.20 bits per heavy atom. The molecule has 112 valence electrons. The van der Waals surface area contributed by atoms with Crippen LogP contribution in [0, 0.1) is 5.92 Å². The van der Waals surface area contributed by atoms with Gasteiger partial charge in [0.25, 0.3) is 5.91 Å². The van der Waals surface area contributed by atoms with Crippen LogP contribution in [0.1, 0.15) is 36.2 Å². The fourth-order valence-electron chi connectivity index (χ4n) is 1.83. The van der Waals surface area contributed by atoms with Crippen molar-refractivity contribution in [2.45, 2.75) is 32.5 Å². The molecule has 1 aromatic rings. The number of alkyl halides is 3. The van der Waals surface area contributed by atoms with Gasteiger partial charge in [-0.25, -0.2) is 0 Å². The Hall–Kier alpha value is -1.56. The largest absolute Gasteiger partial charge is 0.416 e. The van der Waals surface area contributed by atoms with Gasteiger partial charge in [-0.2, -0.15) is 13.2 Å². The highest BCUT2D eigenvalue weighted by molar-refractivity contribution is 5.94. The Morgan fingerprint density at radius 1 is 1.25 bits per heavy atom. The van der Waals surface area contributed by atoms with Crippen LogP contribution in [-0.4, -0.2) is 23.7 Å². The van der Waals surface area contributed by atoms with Gasteiger partial charge in [-0.3, -0.25) is 4.79 Å². The maximum Gasteiger partial charge on any atom is 0.416 e. The van der Waals surface area contributed by atoms with Gasteiger partial charge in [-0.05, 0) is 36.6 Å². The molecule has 0 fully saturated rings. The molecule has 2 N–H and O–H groups in total. The lowest BCUT2D eigenvalue weighted by Gasteiger charge is -2.18. The van der Waals surface area contributed by atoms with Crippen molar-refractivity contribution < 1.29 is 23.1 Å². The summed E-state index contributed by atoms with van der Waals surface area (Å²) in [5.74, 6) is -0.196. The summed E-state index contributed by atoms with van der Waals surface area (Å²) >= 11 is 0. The van der Waals surface area contributed by atoms with E-state index in [1.807, 2.05) is 13.8 Å². The van der Waals surface area contributed by atoms with Crippen LogP contribution in [0.15, 0.2) is 24.3 Å². The first-order valence-corrected chi connectivity index (χ1v) is 6.33. The van der Waals surface area contributed by atoms with E-state index in [0.717, 1.165) is 24.3 Å². The fraction of sp³-hybridized carbons (Fsp3) is 0.500. The predicted octanol–water partition coefficient (Wildman–Crippen LogP) is 2.84. The third kappa shape index (κ3) is 4.85. The van der Waals surface area contributed by atoms with Crippen molar-refractivity contribution in [3.8, 4) is 0 Å². The first kappa shape index (κ1) is 16.5. The number of hydrogen-bond acceptors (Lipinski definition) is 2. The molecule has 0 saturated heterocycles. The van der Waals surface area contributed by atoms with Crippen molar-refractivity contribution in [2.24, 2.45) is 5.92 Å². The Labute approximate surface area is 115 Å². The van der Waals surface area contributed by atoms with E-state index in [2.05, 4.69) is 5.32 Å². The normalized spacial score (nSPS) is 13.3. The summed E-state index contributed by atoms with van der Waals surface area (Å²) < 4.78 is 37.2. The number of rotatable bonds is 5. The van der Waals surface area contributed by atoms with Crippen LogP contribution < -0.4 is 5.32 Å². The lowest BCUT2D eigenvalue weighted by atomic mass is 10.0. The first-order valence-electron chi connectivity index (χ1n) is 6.33. The topological polar surface area (TPSA) is 49.3 Å². The summed E-state index contributed by atoms with van der Waals surface area (Å²) in [5.41, 5.74) is -0.657. The van der Waals surface area contributed by atoms with Crippen molar-refractivity contribution in [2.75, 3.05) is 6.61 Å². The predicted molar refractivity (Wildman–Crippen MR) is 69.2 cm³/mol. The molecule has 20 heavy (non-hydrogen) atoms. The maximum atomic E-state index is 12.4. The van der Waals surface area contributed by atoms with E-state index >= 15 is 0 Å². The molecule has 0 aliphatic carbocycles. The molecular weight excluding hydrogens is 271 g/mol. The summed E-state index contributed by atoms with van der Waals surface area (Å²) in [7, 11) is 0. The van der Waals surface area contributed by atoms with Gasteiger partial charge in [0.05, 0.1) is 18.2 Å². The quantitative estimate of drug-likeness (QED) is 0.875. The third-order valence-corrected chi connectivity index (χ3v) is 2.79. The van der Waals surface area contributed by atoms with E-state index < -0.39 is 23.7 Å². The van der Waals surface area contributed by atoms with Gasteiger partial charge in [-0.1, -0.05) is 13.8 Å². The number of hydrogen-bond donors (Lipinski definition) is 2. The van der Waals surface area contributed by atoms with Gasteiger partial charge in [-0.15, -0.1) is 0 Å². The molecule has 1 rings (SSSR count). The Balaban J connectivity index is 2.72. The van der Waals surface area contributed by atoms with Crippen LogP contribution in [-0.2, 0) is 6.18 Å². The zero-order valence-corrected chi connectivity index (χ0v) is 11.4. The Morgan fingerprint density at radius 2 is 1.80 bits per heavy atom. The fourth-order valence-corrected chi connectivity index (χ4v) is 1.83. The summed E-state index contributed by atoms with van der Waals surface area (Å²) in [4.78, 5) is 11.9. The first-order chi connectivity index (χ1) is 9.24. The van der Waals surface area contributed by atoms with Gasteiger partial charge in [0.2, 0.25) is 0 Å². The van der Waals surface area contributed by atoms with Gasteiger partial charge in [0.1, 0.15) is 0 Å². The van der Waals surface area contributed by atoms with E-state index in [1.54, 1.807) is 0 Å². The van der Waals surface area contributed by atoms with Gasteiger partial charge in [0.15, 0.2) is 0 Å². The second kappa shape index (κ2) is 6.74. The molecule has 0 spiro atoms. The highest BCUT2D eigenvalue weighted by Gasteiger charge is 2.30. The van der Waals surface area contributed by atoms with Crippen LogP contribution in [0.3, 0.4) is 0 Å².